The van der Waals surface area contributed by atoms with Gasteiger partial charge in [-0.05, 0) is 30.7 Å². The van der Waals surface area contributed by atoms with Crippen LogP contribution in [0, 0.1) is 6.92 Å². The number of amides is 1. The molecule has 0 saturated carbocycles. The molecular weight excluding hydrogens is 392 g/mol. The van der Waals surface area contributed by atoms with Crippen LogP contribution in [0.4, 0.5) is 0 Å². The Bertz CT molecular complexity index is 1060. The number of oxime groups is 1. The molecule has 8 heteroatoms. The number of aromatic nitrogens is 2. The molecule has 148 valence electrons. The van der Waals surface area contributed by atoms with Crippen LogP contribution in [0.25, 0.3) is 11.1 Å². The van der Waals surface area contributed by atoms with Crippen molar-refractivity contribution in [2.24, 2.45) is 5.16 Å². The number of hydrogen-bond acceptors (Lipinski definition) is 6. The summed E-state index contributed by atoms with van der Waals surface area (Å²) in [6.45, 7) is 2.08. The molecule has 3 aromatic rings. The fraction of sp³-hybridized carbons (Fsp3) is 0.238. The summed E-state index contributed by atoms with van der Waals surface area (Å²) in [5, 5.41) is 8.52. The highest BCUT2D eigenvalue weighted by Crippen LogP contribution is 2.32. The largest absolute Gasteiger partial charge is 0.399 e. The fourth-order valence-corrected chi connectivity index (χ4v) is 3.68. The van der Waals surface area contributed by atoms with E-state index in [9.17, 15) is 4.79 Å². The van der Waals surface area contributed by atoms with E-state index >= 15 is 0 Å². The average Bonchev–Trinajstić information content (AvgIpc) is 3.34. The molecule has 1 amide bonds. The summed E-state index contributed by atoms with van der Waals surface area (Å²) in [6, 6.07) is 14.6. The molecule has 0 unspecified atom stereocenters. The van der Waals surface area contributed by atoms with Gasteiger partial charge in [-0.25, -0.2) is 0 Å². The maximum Gasteiger partial charge on any atom is 0.254 e. The first-order valence-corrected chi connectivity index (χ1v) is 9.49. The summed E-state index contributed by atoms with van der Waals surface area (Å²) in [7, 11) is 1.48. The zero-order chi connectivity index (χ0) is 20.4. The molecule has 0 aliphatic carbocycles. The van der Waals surface area contributed by atoms with E-state index in [1.807, 2.05) is 36.4 Å². The topological polar surface area (TPSA) is 80.8 Å². The minimum Gasteiger partial charge on any atom is -0.399 e. The third-order valence-electron chi connectivity index (χ3n) is 4.78. The van der Waals surface area contributed by atoms with Crippen molar-refractivity contribution in [3.63, 3.8) is 0 Å². The van der Waals surface area contributed by atoms with E-state index in [1.54, 1.807) is 24.0 Å². The van der Waals surface area contributed by atoms with Gasteiger partial charge in [0, 0.05) is 22.6 Å². The molecule has 1 atom stereocenters. The second-order valence-electron chi connectivity index (χ2n) is 6.73. The summed E-state index contributed by atoms with van der Waals surface area (Å²) in [5.41, 5.74) is 3.16. The number of likely N-dealkylation sites (tertiary alicyclic amines) is 1. The van der Waals surface area contributed by atoms with Crippen LogP contribution in [0.1, 0.15) is 34.5 Å². The minimum absolute atomic E-state index is 0.141. The van der Waals surface area contributed by atoms with Gasteiger partial charge in [0.05, 0.1) is 12.3 Å². The van der Waals surface area contributed by atoms with Gasteiger partial charge in [0.25, 0.3) is 5.91 Å². The lowest BCUT2D eigenvalue weighted by atomic mass is 10.0. The number of carbonyl (C=O) groups excluding carboxylic acids is 1. The number of benzene rings is 2. The van der Waals surface area contributed by atoms with Crippen molar-refractivity contribution >= 4 is 23.2 Å². The monoisotopic (exact) mass is 410 g/mol. The molecule has 2 aromatic carbocycles. The Morgan fingerprint density at radius 1 is 1.24 bits per heavy atom. The third kappa shape index (κ3) is 3.86. The molecule has 0 bridgehead atoms. The van der Waals surface area contributed by atoms with Gasteiger partial charge >= 0.3 is 0 Å². The number of aryl methyl sites for hydroxylation is 1. The van der Waals surface area contributed by atoms with Crippen LogP contribution in [-0.2, 0) is 4.84 Å². The quantitative estimate of drug-likeness (QED) is 0.599. The Morgan fingerprint density at radius 3 is 2.66 bits per heavy atom. The predicted molar refractivity (Wildman–Crippen MR) is 109 cm³/mol. The van der Waals surface area contributed by atoms with Gasteiger partial charge in [-0.15, -0.1) is 0 Å². The van der Waals surface area contributed by atoms with E-state index in [0.717, 1.165) is 16.8 Å². The molecule has 4 rings (SSSR count). The highest BCUT2D eigenvalue weighted by molar-refractivity contribution is 6.33. The minimum atomic E-state index is -0.374. The number of rotatable bonds is 4. The van der Waals surface area contributed by atoms with Gasteiger partial charge < -0.3 is 14.3 Å². The normalized spacial score (nSPS) is 17.7. The van der Waals surface area contributed by atoms with Crippen LogP contribution in [0.2, 0.25) is 5.02 Å². The summed E-state index contributed by atoms with van der Waals surface area (Å²) in [6.07, 6.45) is 0.485. The Balaban J connectivity index is 1.61. The Labute approximate surface area is 172 Å². The molecular formula is C21H19ClN4O3. The third-order valence-corrected chi connectivity index (χ3v) is 5.11. The van der Waals surface area contributed by atoms with Gasteiger partial charge in [0.1, 0.15) is 13.2 Å². The first kappa shape index (κ1) is 19.1. The van der Waals surface area contributed by atoms with E-state index in [0.29, 0.717) is 35.3 Å². The van der Waals surface area contributed by atoms with Gasteiger partial charge in [-0.2, -0.15) is 4.98 Å². The van der Waals surface area contributed by atoms with Crippen LogP contribution in [0.15, 0.2) is 58.2 Å². The van der Waals surface area contributed by atoms with E-state index in [1.165, 1.54) is 7.11 Å². The molecule has 1 aromatic heterocycles. The van der Waals surface area contributed by atoms with Crippen molar-refractivity contribution in [3.8, 4) is 11.1 Å². The van der Waals surface area contributed by atoms with Crippen molar-refractivity contribution in [2.45, 2.75) is 19.4 Å². The maximum absolute atomic E-state index is 13.2. The van der Waals surface area contributed by atoms with Gasteiger partial charge in [0.15, 0.2) is 5.82 Å². The molecule has 29 heavy (non-hydrogen) atoms. The van der Waals surface area contributed by atoms with Crippen molar-refractivity contribution < 1.29 is 14.2 Å². The van der Waals surface area contributed by atoms with Crippen molar-refractivity contribution in [1.29, 1.82) is 0 Å². The molecule has 0 radical (unpaired) electrons. The standard InChI is InChI=1S/C21H19ClN4O3/c1-13-23-20(29-24-13)19-11-16(25-28-2)12-26(19)21(27)15-9-7-14(8-10-15)17-5-3-4-6-18(17)22/h3-10,19H,11-12H2,1-2H3/t19-/m0/s1. The number of nitrogens with zero attached hydrogens (tertiary/aromatic N) is 4. The smallest absolute Gasteiger partial charge is 0.254 e. The van der Waals surface area contributed by atoms with Crippen molar-refractivity contribution in [1.82, 2.24) is 15.0 Å². The van der Waals surface area contributed by atoms with E-state index < -0.39 is 0 Å². The predicted octanol–water partition coefficient (Wildman–Crippen LogP) is 4.29. The first-order chi connectivity index (χ1) is 14.1. The average molecular weight is 411 g/mol. The molecule has 0 N–H and O–H groups in total. The van der Waals surface area contributed by atoms with Crippen LogP contribution < -0.4 is 0 Å². The zero-order valence-electron chi connectivity index (χ0n) is 16.0. The van der Waals surface area contributed by atoms with Crippen molar-refractivity contribution in [2.75, 3.05) is 13.7 Å². The number of halogens is 1. The maximum atomic E-state index is 13.2. The molecule has 0 spiro atoms. The van der Waals surface area contributed by atoms with Gasteiger partial charge in [0.2, 0.25) is 5.89 Å². The summed E-state index contributed by atoms with van der Waals surface area (Å²) in [5.74, 6) is 0.774. The van der Waals surface area contributed by atoms with Crippen LogP contribution in [0.5, 0.6) is 0 Å². The molecule has 1 saturated heterocycles. The first-order valence-electron chi connectivity index (χ1n) is 9.12. The molecule has 1 aliphatic heterocycles. The lowest BCUT2D eigenvalue weighted by Gasteiger charge is -2.21. The summed E-state index contributed by atoms with van der Waals surface area (Å²) in [4.78, 5) is 24.1. The number of hydrogen-bond donors (Lipinski definition) is 0. The van der Waals surface area contributed by atoms with Crippen LogP contribution in [-0.4, -0.2) is 40.3 Å². The Hall–Kier alpha value is -3.19. The highest BCUT2D eigenvalue weighted by Gasteiger charge is 2.38. The van der Waals surface area contributed by atoms with Crippen LogP contribution >= 0.6 is 11.6 Å². The van der Waals surface area contributed by atoms with Gasteiger partial charge in [-0.3, -0.25) is 4.79 Å². The molecule has 2 heterocycles. The second kappa shape index (κ2) is 8.05. The molecule has 1 fully saturated rings. The number of carbonyl (C=O) groups is 1. The summed E-state index contributed by atoms with van der Waals surface area (Å²) >= 11 is 6.28. The SMILES string of the molecule is CON=C1C[C@@H](c2nc(C)no2)N(C(=O)c2ccc(-c3ccccc3Cl)cc2)C1. The second-order valence-corrected chi connectivity index (χ2v) is 7.14. The van der Waals surface area contributed by atoms with Crippen molar-refractivity contribution in [3.05, 3.63) is 70.8 Å². The van der Waals surface area contributed by atoms with E-state index in [4.69, 9.17) is 21.0 Å². The van der Waals surface area contributed by atoms with Crippen LogP contribution in [0.3, 0.4) is 0 Å². The molecule has 7 nitrogen and oxygen atoms in total. The Kier molecular flexibility index (Phi) is 5.31. The zero-order valence-corrected chi connectivity index (χ0v) is 16.8. The summed E-state index contributed by atoms with van der Waals surface area (Å²) < 4.78 is 5.32. The Morgan fingerprint density at radius 2 is 2.00 bits per heavy atom. The fourth-order valence-electron chi connectivity index (χ4n) is 3.44. The lowest BCUT2D eigenvalue weighted by Crippen LogP contribution is -2.31. The van der Waals surface area contributed by atoms with Gasteiger partial charge in [-0.1, -0.05) is 52.2 Å². The lowest BCUT2D eigenvalue weighted by molar-refractivity contribution is 0.0713. The van der Waals surface area contributed by atoms with E-state index in [-0.39, 0.29) is 11.9 Å². The van der Waals surface area contributed by atoms with E-state index in [2.05, 4.69) is 15.3 Å². The molecule has 1 aliphatic rings. The highest BCUT2D eigenvalue weighted by atomic mass is 35.5.